The Morgan fingerprint density at radius 3 is 1.81 bits per heavy atom. The van der Waals surface area contributed by atoms with Crippen molar-refractivity contribution in [3.63, 3.8) is 0 Å². The van der Waals surface area contributed by atoms with E-state index >= 15 is 0 Å². The van der Waals surface area contributed by atoms with Crippen LogP contribution in [0.5, 0.6) is 0 Å². The van der Waals surface area contributed by atoms with Gasteiger partial charge in [0.15, 0.2) is 5.84 Å². The molecule has 1 N–H and O–H groups in total. The maximum absolute atomic E-state index is 8.90. The monoisotopic (exact) mass is 631 g/mol. The van der Waals surface area contributed by atoms with E-state index in [1.807, 2.05) is 35.0 Å². The third kappa shape index (κ3) is 8.84. The van der Waals surface area contributed by atoms with E-state index in [4.69, 9.17) is 15.2 Å². The summed E-state index contributed by atoms with van der Waals surface area (Å²) in [6.45, 7) is 0.326. The lowest BCUT2D eigenvalue weighted by molar-refractivity contribution is 0.282. The number of unbranched alkanes of at least 4 members (excludes halogenated alkanes) is 8. The number of hydrogen-bond acceptors (Lipinski definition) is 2. The molecule has 0 saturated carbocycles. The molecular formula is C44H45N3O. The van der Waals surface area contributed by atoms with Crippen molar-refractivity contribution in [2.45, 2.75) is 57.8 Å². The first-order chi connectivity index (χ1) is 23.8. The largest absolute Gasteiger partial charge is 0.396 e. The molecule has 4 aromatic carbocycles. The maximum atomic E-state index is 8.90. The molecule has 0 spiro atoms. The Morgan fingerprint density at radius 2 is 1.17 bits per heavy atom. The van der Waals surface area contributed by atoms with Crippen LogP contribution in [0.1, 0.15) is 74.5 Å². The van der Waals surface area contributed by atoms with E-state index in [1.165, 1.54) is 44.1 Å². The predicted octanol–water partition coefficient (Wildman–Crippen LogP) is 11.1. The molecule has 4 nitrogen and oxygen atoms in total. The number of allylic oxidation sites excluding steroid dienone is 2. The van der Waals surface area contributed by atoms with Crippen LogP contribution in [-0.2, 0) is 0 Å². The topological polar surface area (TPSA) is 49.9 Å². The first-order valence-electron chi connectivity index (χ1n) is 17.4. The van der Waals surface area contributed by atoms with Gasteiger partial charge in [0.05, 0.1) is 11.4 Å². The van der Waals surface area contributed by atoms with Crippen molar-refractivity contribution in [1.82, 2.24) is 4.68 Å². The van der Waals surface area contributed by atoms with Gasteiger partial charge in [0.2, 0.25) is 0 Å². The minimum atomic E-state index is 0.326. The molecule has 2 heterocycles. The van der Waals surface area contributed by atoms with E-state index in [-0.39, 0.29) is 0 Å². The molecule has 1 aromatic heterocycles. The van der Waals surface area contributed by atoms with Crippen molar-refractivity contribution in [1.29, 1.82) is 0 Å². The number of aromatic nitrogens is 1. The van der Waals surface area contributed by atoms with Crippen molar-refractivity contribution in [2.24, 2.45) is 10.1 Å². The number of amidine groups is 1. The van der Waals surface area contributed by atoms with Gasteiger partial charge in [-0.05, 0) is 48.1 Å². The summed E-state index contributed by atoms with van der Waals surface area (Å²) in [5, 5.41) is 14.1. The number of rotatable bonds is 16. The summed E-state index contributed by atoms with van der Waals surface area (Å²) in [5.41, 5.74) is 9.67. The number of nitrogens with zero attached hydrogens (tertiary/aromatic N) is 3. The van der Waals surface area contributed by atoms with Gasteiger partial charge in [-0.1, -0.05) is 166 Å². The van der Waals surface area contributed by atoms with E-state index in [1.54, 1.807) is 0 Å². The average Bonchev–Trinajstić information content (AvgIpc) is 3.77. The molecule has 0 aliphatic carbocycles. The van der Waals surface area contributed by atoms with Crippen LogP contribution in [-0.4, -0.2) is 27.9 Å². The third-order valence-electron chi connectivity index (χ3n) is 8.81. The Labute approximate surface area is 285 Å². The summed E-state index contributed by atoms with van der Waals surface area (Å²) in [6.07, 6.45) is 19.7. The summed E-state index contributed by atoms with van der Waals surface area (Å²) in [7, 11) is 0. The van der Waals surface area contributed by atoms with E-state index in [9.17, 15) is 0 Å². The molecule has 0 fully saturated rings. The fraction of sp³-hybridized carbons (Fsp3) is 0.227. The highest BCUT2D eigenvalue weighted by Crippen LogP contribution is 2.31. The Bertz CT molecular complexity index is 1850. The van der Waals surface area contributed by atoms with Gasteiger partial charge >= 0.3 is 0 Å². The van der Waals surface area contributed by atoms with Crippen LogP contribution in [0.3, 0.4) is 0 Å². The summed E-state index contributed by atoms with van der Waals surface area (Å²) >= 11 is 0. The fourth-order valence-electron chi connectivity index (χ4n) is 6.13. The zero-order valence-corrected chi connectivity index (χ0v) is 27.7. The van der Waals surface area contributed by atoms with Gasteiger partial charge in [0, 0.05) is 35.1 Å². The number of benzene rings is 4. The first kappa shape index (κ1) is 32.9. The minimum absolute atomic E-state index is 0.326. The van der Waals surface area contributed by atoms with Gasteiger partial charge in [-0.2, -0.15) is 0 Å². The molecule has 5 aromatic rings. The molecule has 242 valence electrons. The predicted molar refractivity (Wildman–Crippen MR) is 203 cm³/mol. The molecule has 4 heteroatoms. The SMILES string of the molecule is OCCCCCCCCCC/C=C/c1ccc(C2=CC(c3ccccc3)=N/C2=N\n2cc(-c3ccccc3)cc2-c2ccccc2)cc1. The molecule has 6 rings (SSSR count). The van der Waals surface area contributed by atoms with E-state index in [0.717, 1.165) is 64.1 Å². The van der Waals surface area contributed by atoms with Crippen LogP contribution in [0.4, 0.5) is 0 Å². The zero-order valence-electron chi connectivity index (χ0n) is 27.7. The number of aliphatic imine (C=N–C) groups is 1. The molecule has 0 atom stereocenters. The van der Waals surface area contributed by atoms with Crippen LogP contribution < -0.4 is 0 Å². The van der Waals surface area contributed by atoms with Gasteiger partial charge in [-0.3, -0.25) is 0 Å². The molecule has 0 radical (unpaired) electrons. The summed E-state index contributed by atoms with van der Waals surface area (Å²) < 4.78 is 1.98. The lowest BCUT2D eigenvalue weighted by atomic mass is 10.0. The quantitative estimate of drug-likeness (QED) is 0.108. The second-order valence-corrected chi connectivity index (χ2v) is 12.4. The van der Waals surface area contributed by atoms with Gasteiger partial charge in [-0.25, -0.2) is 9.67 Å². The van der Waals surface area contributed by atoms with Crippen LogP contribution in [0.2, 0.25) is 0 Å². The van der Waals surface area contributed by atoms with E-state index in [0.29, 0.717) is 12.4 Å². The molecule has 0 bridgehead atoms. The van der Waals surface area contributed by atoms with Gasteiger partial charge < -0.3 is 5.11 Å². The molecule has 0 unspecified atom stereocenters. The van der Waals surface area contributed by atoms with E-state index < -0.39 is 0 Å². The number of aliphatic hydroxyl groups is 1. The van der Waals surface area contributed by atoms with Crippen molar-refractivity contribution in [2.75, 3.05) is 6.61 Å². The zero-order chi connectivity index (χ0) is 32.8. The Morgan fingerprint density at radius 1 is 0.583 bits per heavy atom. The van der Waals surface area contributed by atoms with Crippen molar-refractivity contribution in [3.05, 3.63) is 156 Å². The Balaban J connectivity index is 1.21. The second kappa shape index (κ2) is 17.2. The molecule has 0 amide bonds. The van der Waals surface area contributed by atoms with Gasteiger partial charge in [-0.15, -0.1) is 5.10 Å². The normalized spacial score (nSPS) is 13.7. The maximum Gasteiger partial charge on any atom is 0.181 e. The number of hydrogen-bond donors (Lipinski definition) is 1. The number of aliphatic hydroxyl groups excluding tert-OH is 1. The minimum Gasteiger partial charge on any atom is -0.396 e. The Kier molecular flexibility index (Phi) is 11.8. The van der Waals surface area contributed by atoms with Crippen LogP contribution >= 0.6 is 0 Å². The summed E-state index contributed by atoms with van der Waals surface area (Å²) in [4.78, 5) is 5.09. The lowest BCUT2D eigenvalue weighted by Gasteiger charge is -2.07. The van der Waals surface area contributed by atoms with Crippen molar-refractivity contribution >= 4 is 23.2 Å². The third-order valence-corrected chi connectivity index (χ3v) is 8.81. The van der Waals surface area contributed by atoms with Gasteiger partial charge in [0.1, 0.15) is 0 Å². The van der Waals surface area contributed by atoms with Gasteiger partial charge in [0.25, 0.3) is 0 Å². The molecule has 1 aliphatic heterocycles. The molecule has 48 heavy (non-hydrogen) atoms. The molecular weight excluding hydrogens is 587 g/mol. The van der Waals surface area contributed by atoms with Crippen LogP contribution in [0.25, 0.3) is 34.0 Å². The summed E-state index contributed by atoms with van der Waals surface area (Å²) in [6, 6.07) is 42.2. The summed E-state index contributed by atoms with van der Waals surface area (Å²) in [5.74, 6) is 0.693. The van der Waals surface area contributed by atoms with Crippen molar-refractivity contribution < 1.29 is 5.11 Å². The highest BCUT2D eigenvalue weighted by molar-refractivity contribution is 6.37. The highest BCUT2D eigenvalue weighted by Gasteiger charge is 2.20. The smallest absolute Gasteiger partial charge is 0.181 e. The fourth-order valence-corrected chi connectivity index (χ4v) is 6.13. The van der Waals surface area contributed by atoms with Crippen molar-refractivity contribution in [3.8, 4) is 22.4 Å². The average molecular weight is 632 g/mol. The highest BCUT2D eigenvalue weighted by atomic mass is 16.2. The first-order valence-corrected chi connectivity index (χ1v) is 17.4. The molecule has 0 saturated heterocycles. The lowest BCUT2D eigenvalue weighted by Crippen LogP contribution is -2.01. The second-order valence-electron chi connectivity index (χ2n) is 12.4. The molecule has 1 aliphatic rings. The van der Waals surface area contributed by atoms with E-state index in [2.05, 4.69) is 115 Å². The Hall–Kier alpha value is -5.06. The van der Waals surface area contributed by atoms with Crippen LogP contribution in [0.15, 0.2) is 150 Å². The standard InChI is InChI=1S/C44H45N3O/c48-31-19-8-6-4-2-1-3-5-7-12-20-35-27-29-37(30-28-35)41-33-42(38-23-15-10-16-24-38)45-44(41)46-47-34-40(36-21-13-9-14-22-36)32-43(47)39-25-17-11-18-26-39/h9-18,20-30,32-34,48H,1-8,19,31H2/b20-12+,46-44-. The van der Waals surface area contributed by atoms with Crippen LogP contribution in [0, 0.1) is 0 Å².